The molecule has 4 heterocycles. The van der Waals surface area contributed by atoms with Gasteiger partial charge >= 0.3 is 6.18 Å². The zero-order valence-electron chi connectivity index (χ0n) is 17.0. The summed E-state index contributed by atoms with van der Waals surface area (Å²) in [4.78, 5) is 22.8. The Morgan fingerprint density at radius 2 is 2.03 bits per heavy atom. The van der Waals surface area contributed by atoms with E-state index in [0.717, 1.165) is 48.0 Å². The Balaban J connectivity index is 1.54. The molecule has 7 nitrogen and oxygen atoms in total. The van der Waals surface area contributed by atoms with Gasteiger partial charge in [-0.3, -0.25) is 14.9 Å². The fraction of sp³-hybridized carbons (Fsp3) is 0.333. The van der Waals surface area contributed by atoms with Crippen LogP contribution in [0.25, 0.3) is 0 Å². The average molecular weight is 430 g/mol. The van der Waals surface area contributed by atoms with Gasteiger partial charge in [0.1, 0.15) is 17.2 Å². The Bertz CT molecular complexity index is 1110. The van der Waals surface area contributed by atoms with Gasteiger partial charge < -0.3 is 10.2 Å². The lowest BCUT2D eigenvalue weighted by Crippen LogP contribution is -2.30. The van der Waals surface area contributed by atoms with Crippen molar-refractivity contribution in [2.24, 2.45) is 0 Å². The minimum atomic E-state index is -4.45. The highest BCUT2D eigenvalue weighted by Crippen LogP contribution is 2.32. The fourth-order valence-corrected chi connectivity index (χ4v) is 3.60. The van der Waals surface area contributed by atoms with Crippen LogP contribution in [0.2, 0.25) is 0 Å². The van der Waals surface area contributed by atoms with E-state index >= 15 is 0 Å². The summed E-state index contributed by atoms with van der Waals surface area (Å²) in [6.45, 7) is 4.83. The van der Waals surface area contributed by atoms with Crippen molar-refractivity contribution in [1.82, 2.24) is 20.2 Å². The lowest BCUT2D eigenvalue weighted by molar-refractivity contribution is -0.141. The van der Waals surface area contributed by atoms with E-state index < -0.39 is 11.9 Å². The highest BCUT2D eigenvalue weighted by Gasteiger charge is 2.32. The van der Waals surface area contributed by atoms with Crippen molar-refractivity contribution in [3.8, 4) is 0 Å². The minimum Gasteiger partial charge on any atom is -0.366 e. The van der Waals surface area contributed by atoms with Crippen LogP contribution < -0.4 is 10.2 Å². The van der Waals surface area contributed by atoms with Crippen molar-refractivity contribution in [1.29, 1.82) is 0 Å². The number of nitrogens with zero attached hydrogens (tertiary/aromatic N) is 4. The first kappa shape index (κ1) is 20.8. The van der Waals surface area contributed by atoms with E-state index in [9.17, 15) is 18.0 Å². The molecule has 31 heavy (non-hydrogen) atoms. The molecule has 1 aliphatic heterocycles. The monoisotopic (exact) mass is 430 g/mol. The first-order valence-corrected chi connectivity index (χ1v) is 9.81. The van der Waals surface area contributed by atoms with E-state index in [0.29, 0.717) is 23.6 Å². The second-order valence-corrected chi connectivity index (χ2v) is 7.58. The maximum Gasteiger partial charge on any atom is 0.433 e. The Morgan fingerprint density at radius 3 is 2.68 bits per heavy atom. The molecule has 0 saturated heterocycles. The number of alkyl halides is 3. The standard InChI is InChI=1S/C21H21F3N6O/c1-12-8-16-15(27-19(12)28-20(31)18-13(2)9-26-29-18)4-3-7-30(16)11-14-5-6-17(25-10-14)21(22,23)24/h5-6,8-10H,3-4,7,11H2,1-2H3,(H,26,29)(H,27,28,31). The molecule has 1 aliphatic rings. The Labute approximate surface area is 176 Å². The Kier molecular flexibility index (Phi) is 5.38. The predicted octanol–water partition coefficient (Wildman–Crippen LogP) is 4.04. The number of halogens is 3. The maximum atomic E-state index is 12.7. The van der Waals surface area contributed by atoms with E-state index in [1.807, 2.05) is 13.0 Å². The lowest BCUT2D eigenvalue weighted by Gasteiger charge is -2.31. The van der Waals surface area contributed by atoms with Crippen LogP contribution in [-0.4, -0.2) is 32.6 Å². The predicted molar refractivity (Wildman–Crippen MR) is 109 cm³/mol. The molecule has 10 heteroatoms. The van der Waals surface area contributed by atoms with Crippen LogP contribution >= 0.6 is 0 Å². The van der Waals surface area contributed by atoms with Gasteiger partial charge in [-0.05, 0) is 55.5 Å². The molecule has 4 rings (SSSR count). The smallest absolute Gasteiger partial charge is 0.366 e. The second-order valence-electron chi connectivity index (χ2n) is 7.58. The van der Waals surface area contributed by atoms with Crippen molar-refractivity contribution in [2.45, 2.75) is 39.4 Å². The van der Waals surface area contributed by atoms with Gasteiger partial charge in [0.05, 0.1) is 17.6 Å². The zero-order chi connectivity index (χ0) is 22.2. The summed E-state index contributed by atoms with van der Waals surface area (Å²) in [6, 6.07) is 4.40. The first-order valence-electron chi connectivity index (χ1n) is 9.81. The van der Waals surface area contributed by atoms with Crippen LogP contribution in [-0.2, 0) is 19.1 Å². The number of carbonyl (C=O) groups is 1. The molecule has 2 N–H and O–H groups in total. The Morgan fingerprint density at radius 1 is 1.23 bits per heavy atom. The maximum absolute atomic E-state index is 12.7. The van der Waals surface area contributed by atoms with Crippen LogP contribution in [0.3, 0.4) is 0 Å². The van der Waals surface area contributed by atoms with E-state index in [-0.39, 0.29) is 5.91 Å². The summed E-state index contributed by atoms with van der Waals surface area (Å²) in [7, 11) is 0. The van der Waals surface area contributed by atoms with Crippen molar-refractivity contribution in [2.75, 3.05) is 16.8 Å². The molecule has 0 unspecified atom stereocenters. The SMILES string of the molecule is Cc1cc2c(nc1NC(=O)c1[nH]ncc1C)CCCN2Cc1ccc(C(F)(F)F)nc1. The number of hydrogen-bond acceptors (Lipinski definition) is 5. The number of hydrogen-bond donors (Lipinski definition) is 2. The second kappa shape index (κ2) is 8.01. The highest BCUT2D eigenvalue weighted by molar-refractivity contribution is 6.03. The van der Waals surface area contributed by atoms with E-state index in [2.05, 4.69) is 30.4 Å². The third-order valence-corrected chi connectivity index (χ3v) is 5.23. The number of pyridine rings is 2. The number of fused-ring (bicyclic) bond motifs is 1. The fourth-order valence-electron chi connectivity index (χ4n) is 3.60. The molecule has 0 aromatic carbocycles. The molecule has 0 aliphatic carbocycles. The summed E-state index contributed by atoms with van der Waals surface area (Å²) in [5, 5.41) is 9.38. The molecule has 0 saturated carbocycles. The summed E-state index contributed by atoms with van der Waals surface area (Å²) in [5.41, 5.74) is 3.46. The molecule has 0 fully saturated rings. The summed E-state index contributed by atoms with van der Waals surface area (Å²) in [5.74, 6) is 0.171. The number of carbonyl (C=O) groups excluding carboxylic acids is 1. The number of nitrogens with one attached hydrogen (secondary N) is 2. The van der Waals surface area contributed by atoms with E-state index in [1.165, 1.54) is 12.3 Å². The molecule has 162 valence electrons. The number of amides is 1. The van der Waals surface area contributed by atoms with Gasteiger partial charge in [0.2, 0.25) is 0 Å². The molecule has 0 spiro atoms. The van der Waals surface area contributed by atoms with E-state index in [1.54, 1.807) is 13.1 Å². The van der Waals surface area contributed by atoms with Gasteiger partial charge in [0, 0.05) is 19.3 Å². The number of aromatic amines is 1. The van der Waals surface area contributed by atoms with Crippen molar-refractivity contribution < 1.29 is 18.0 Å². The molecule has 0 radical (unpaired) electrons. The summed E-state index contributed by atoms with van der Waals surface area (Å²) in [6.07, 6.45) is -0.00487. The van der Waals surface area contributed by atoms with Gasteiger partial charge in [-0.1, -0.05) is 6.07 Å². The van der Waals surface area contributed by atoms with Gasteiger partial charge in [0.25, 0.3) is 5.91 Å². The normalized spacial score (nSPS) is 13.8. The summed E-state index contributed by atoms with van der Waals surface area (Å²) < 4.78 is 38.2. The molecule has 3 aromatic rings. The van der Waals surface area contributed by atoms with Crippen LogP contribution in [0.5, 0.6) is 0 Å². The van der Waals surface area contributed by atoms with Crippen LogP contribution in [0.4, 0.5) is 24.7 Å². The zero-order valence-corrected chi connectivity index (χ0v) is 17.0. The van der Waals surface area contributed by atoms with Crippen molar-refractivity contribution >= 4 is 17.4 Å². The van der Waals surface area contributed by atoms with Gasteiger partial charge in [0.15, 0.2) is 0 Å². The van der Waals surface area contributed by atoms with E-state index in [4.69, 9.17) is 0 Å². The minimum absolute atomic E-state index is 0.311. The van der Waals surface area contributed by atoms with Gasteiger partial charge in [-0.15, -0.1) is 0 Å². The quantitative estimate of drug-likeness (QED) is 0.652. The summed E-state index contributed by atoms with van der Waals surface area (Å²) >= 11 is 0. The largest absolute Gasteiger partial charge is 0.433 e. The van der Waals surface area contributed by atoms with Crippen LogP contribution in [0, 0.1) is 13.8 Å². The Hall–Kier alpha value is -3.43. The lowest BCUT2D eigenvalue weighted by atomic mass is 10.0. The third-order valence-electron chi connectivity index (χ3n) is 5.23. The first-order chi connectivity index (χ1) is 14.7. The number of aromatic nitrogens is 4. The van der Waals surface area contributed by atoms with Crippen LogP contribution in [0.1, 0.15) is 45.0 Å². The number of H-pyrrole nitrogens is 1. The number of aryl methyl sites for hydroxylation is 3. The molecule has 1 amide bonds. The van der Waals surface area contributed by atoms with Gasteiger partial charge in [-0.25, -0.2) is 4.98 Å². The topological polar surface area (TPSA) is 86.8 Å². The average Bonchev–Trinajstić information content (AvgIpc) is 3.15. The number of anilines is 2. The van der Waals surface area contributed by atoms with Gasteiger partial charge in [-0.2, -0.15) is 18.3 Å². The van der Waals surface area contributed by atoms with Crippen molar-refractivity contribution in [3.05, 3.63) is 64.4 Å². The highest BCUT2D eigenvalue weighted by atomic mass is 19.4. The molecular formula is C21H21F3N6O. The van der Waals surface area contributed by atoms with Crippen molar-refractivity contribution in [3.63, 3.8) is 0 Å². The number of rotatable bonds is 4. The third kappa shape index (κ3) is 4.37. The molecule has 0 bridgehead atoms. The molecule has 3 aromatic heterocycles. The molecule has 0 atom stereocenters. The van der Waals surface area contributed by atoms with Crippen LogP contribution in [0.15, 0.2) is 30.6 Å². The molecular weight excluding hydrogens is 409 g/mol.